The van der Waals surface area contributed by atoms with Gasteiger partial charge in [-0.25, -0.2) is 14.0 Å². The Morgan fingerprint density at radius 2 is 1.71 bits per heavy atom. The second-order valence-corrected chi connectivity index (χ2v) is 10.4. The second-order valence-electron chi connectivity index (χ2n) is 10.4. The summed E-state index contributed by atoms with van der Waals surface area (Å²) < 4.78 is 25.0. The Hall–Kier alpha value is -3.59. The van der Waals surface area contributed by atoms with Crippen molar-refractivity contribution in [3.05, 3.63) is 71.7 Å². The topological polar surface area (TPSA) is 95.1 Å². The van der Waals surface area contributed by atoms with E-state index in [0.717, 1.165) is 16.5 Å². The van der Waals surface area contributed by atoms with Crippen LogP contribution in [0.3, 0.4) is 0 Å². The summed E-state index contributed by atoms with van der Waals surface area (Å²) in [5.74, 6) is -0.707. The fourth-order valence-electron chi connectivity index (χ4n) is 5.36. The van der Waals surface area contributed by atoms with E-state index in [2.05, 4.69) is 4.98 Å². The van der Waals surface area contributed by atoms with Crippen molar-refractivity contribution in [2.75, 3.05) is 13.1 Å². The average Bonchev–Trinajstić information content (AvgIpc) is 3.57. The highest BCUT2D eigenvalue weighted by Gasteiger charge is 2.57. The van der Waals surface area contributed by atoms with Gasteiger partial charge in [-0.1, -0.05) is 44.2 Å². The molecule has 204 valence electrons. The number of hydrogen-bond donors (Lipinski definition) is 2. The summed E-state index contributed by atoms with van der Waals surface area (Å²) in [6, 6.07) is 12.6. The van der Waals surface area contributed by atoms with Gasteiger partial charge in [0.1, 0.15) is 18.0 Å². The van der Waals surface area contributed by atoms with Crippen LogP contribution < -0.4 is 0 Å². The third-order valence-electron chi connectivity index (χ3n) is 6.80. The van der Waals surface area contributed by atoms with E-state index in [4.69, 9.17) is 9.47 Å². The first-order chi connectivity index (χ1) is 18.1. The van der Waals surface area contributed by atoms with Gasteiger partial charge in [0.05, 0.1) is 24.7 Å². The molecule has 2 amide bonds. The Morgan fingerprint density at radius 3 is 2.39 bits per heavy atom. The fourth-order valence-corrected chi connectivity index (χ4v) is 5.36. The molecule has 5 rings (SSSR count). The number of hydrogen-bond acceptors (Lipinski definition) is 5. The smallest absolute Gasteiger partial charge is 0.410 e. The zero-order chi connectivity index (χ0) is 27.6. The number of nitrogens with one attached hydrogen (secondary N) is 1. The van der Waals surface area contributed by atoms with Gasteiger partial charge < -0.3 is 19.6 Å². The molecule has 3 aromatic rings. The minimum atomic E-state index is -0.973. The van der Waals surface area contributed by atoms with Crippen molar-refractivity contribution in [3.63, 3.8) is 0 Å². The van der Waals surface area contributed by atoms with E-state index in [9.17, 15) is 19.1 Å². The average molecular weight is 526 g/mol. The molecule has 2 fully saturated rings. The number of aromatic amines is 1. The molecule has 9 heteroatoms. The largest absolute Gasteiger partial charge is 0.445 e. The molecule has 2 aliphatic rings. The van der Waals surface area contributed by atoms with Crippen molar-refractivity contribution in [2.24, 2.45) is 0 Å². The van der Waals surface area contributed by atoms with Crippen molar-refractivity contribution in [3.8, 4) is 0 Å². The van der Waals surface area contributed by atoms with Crippen LogP contribution in [0.4, 0.5) is 14.0 Å². The Kier molecular flexibility index (Phi) is 7.97. The van der Waals surface area contributed by atoms with E-state index in [1.165, 1.54) is 21.9 Å². The fraction of sp³-hybridized carbons (Fsp3) is 0.448. The predicted octanol–water partition coefficient (Wildman–Crippen LogP) is 5.42. The van der Waals surface area contributed by atoms with Gasteiger partial charge in [0, 0.05) is 29.6 Å². The first-order valence-electron chi connectivity index (χ1n) is 13.0. The quantitative estimate of drug-likeness (QED) is 0.476. The lowest BCUT2D eigenvalue weighted by atomic mass is 9.91. The lowest BCUT2D eigenvalue weighted by Crippen LogP contribution is -2.46. The number of carbonyl (C=O) groups is 2. The molecule has 4 atom stereocenters. The van der Waals surface area contributed by atoms with E-state index in [1.807, 2.05) is 44.2 Å². The number of H-pyrrole nitrogens is 1. The van der Waals surface area contributed by atoms with E-state index in [0.29, 0.717) is 5.52 Å². The zero-order valence-electron chi connectivity index (χ0n) is 22.5. The number of rotatable bonds is 3. The molecule has 0 bridgehead atoms. The molecule has 2 N–H and O–H groups in total. The number of nitrogens with zero attached hydrogens (tertiary/aromatic N) is 2. The molecular formula is C29H36FN3O5. The highest BCUT2D eigenvalue weighted by atomic mass is 19.1. The van der Waals surface area contributed by atoms with Gasteiger partial charge in [0.25, 0.3) is 0 Å². The summed E-state index contributed by atoms with van der Waals surface area (Å²) in [6.07, 6.45) is -0.306. The van der Waals surface area contributed by atoms with Crippen molar-refractivity contribution >= 4 is 23.1 Å². The standard InChI is InChI=1S/C27H30FN3O5.C2H6/c1-27(2,3)36-26(34)31-14-22(32)24-23(31)20(19-12-29-21-11-17(28)9-10-18(19)21)13-30(24)25(33)35-15-16-7-5-4-6-8-16;1-2/h4-12,20,22-24,29,32H,13-15H2,1-3H3;1-2H3. The first-order valence-corrected chi connectivity index (χ1v) is 13.0. The van der Waals surface area contributed by atoms with Crippen molar-refractivity contribution < 1.29 is 28.6 Å². The molecule has 0 saturated carbocycles. The SMILES string of the molecule is CC.CC(C)(C)OC(=O)N1CC(O)C2C1C(c1c[nH]c3cc(F)ccc13)CN2C(=O)OCc1ccccc1. The van der Waals surface area contributed by atoms with E-state index < -0.39 is 36.0 Å². The monoisotopic (exact) mass is 525 g/mol. The Labute approximate surface area is 222 Å². The van der Waals surface area contributed by atoms with Crippen LogP contribution in [0.15, 0.2) is 54.7 Å². The highest BCUT2D eigenvalue weighted by Crippen LogP contribution is 2.44. The summed E-state index contributed by atoms with van der Waals surface area (Å²) in [5.41, 5.74) is 1.58. The second kappa shape index (κ2) is 11.0. The zero-order valence-corrected chi connectivity index (χ0v) is 22.5. The number of aliphatic hydroxyl groups excluding tert-OH is 1. The number of β-amino-alcohol motifs (C(OH)–C–C–N with tert-alkyl or cyclic N) is 1. The number of aliphatic hydroxyl groups is 1. The Morgan fingerprint density at radius 1 is 1.03 bits per heavy atom. The number of carbonyl (C=O) groups excluding carboxylic acids is 2. The van der Waals surface area contributed by atoms with Crippen LogP contribution in [0.5, 0.6) is 0 Å². The molecule has 8 nitrogen and oxygen atoms in total. The molecule has 0 radical (unpaired) electrons. The lowest BCUT2D eigenvalue weighted by molar-refractivity contribution is 0.0197. The molecule has 2 saturated heterocycles. The van der Waals surface area contributed by atoms with Crippen LogP contribution in [0.1, 0.15) is 51.7 Å². The number of aromatic nitrogens is 1. The van der Waals surface area contributed by atoms with Crippen LogP contribution in [-0.4, -0.2) is 69.0 Å². The van der Waals surface area contributed by atoms with E-state index in [1.54, 1.807) is 33.0 Å². The summed E-state index contributed by atoms with van der Waals surface area (Å²) in [7, 11) is 0. The van der Waals surface area contributed by atoms with Crippen LogP contribution in [-0.2, 0) is 16.1 Å². The molecule has 4 unspecified atom stereocenters. The van der Waals surface area contributed by atoms with Gasteiger partial charge in [-0.3, -0.25) is 9.80 Å². The number of benzene rings is 2. The predicted molar refractivity (Wildman–Crippen MR) is 142 cm³/mol. The number of amides is 2. The first kappa shape index (κ1) is 27.4. The van der Waals surface area contributed by atoms with Crippen LogP contribution in [0, 0.1) is 5.82 Å². The van der Waals surface area contributed by atoms with Crippen molar-refractivity contribution in [2.45, 2.75) is 70.9 Å². The summed E-state index contributed by atoms with van der Waals surface area (Å²) in [6.45, 7) is 9.69. The maximum atomic E-state index is 13.8. The van der Waals surface area contributed by atoms with Gasteiger partial charge in [0.15, 0.2) is 0 Å². The minimum absolute atomic E-state index is 0.0280. The van der Waals surface area contributed by atoms with Crippen molar-refractivity contribution in [1.29, 1.82) is 0 Å². The number of ether oxygens (including phenoxy) is 2. The maximum absolute atomic E-state index is 13.8. The lowest BCUT2D eigenvalue weighted by Gasteiger charge is -2.30. The third kappa shape index (κ3) is 5.48. The van der Waals surface area contributed by atoms with Gasteiger partial charge >= 0.3 is 12.2 Å². The Bertz CT molecular complexity index is 1270. The molecule has 1 aromatic heterocycles. The van der Waals surface area contributed by atoms with Crippen LogP contribution in [0.2, 0.25) is 0 Å². The van der Waals surface area contributed by atoms with Crippen molar-refractivity contribution in [1.82, 2.24) is 14.8 Å². The van der Waals surface area contributed by atoms with Gasteiger partial charge in [-0.2, -0.15) is 0 Å². The summed E-state index contributed by atoms with van der Waals surface area (Å²) in [4.78, 5) is 32.5. The maximum Gasteiger partial charge on any atom is 0.410 e. The van der Waals surface area contributed by atoms with Gasteiger partial charge in [-0.15, -0.1) is 0 Å². The minimum Gasteiger partial charge on any atom is -0.445 e. The molecule has 0 aliphatic carbocycles. The molecule has 38 heavy (non-hydrogen) atoms. The molecule has 0 spiro atoms. The summed E-state index contributed by atoms with van der Waals surface area (Å²) in [5, 5.41) is 11.8. The number of halogens is 1. The molecule has 2 aromatic carbocycles. The van der Waals surface area contributed by atoms with Gasteiger partial charge in [0.2, 0.25) is 0 Å². The third-order valence-corrected chi connectivity index (χ3v) is 6.80. The van der Waals surface area contributed by atoms with Crippen LogP contribution in [0.25, 0.3) is 10.9 Å². The summed E-state index contributed by atoms with van der Waals surface area (Å²) >= 11 is 0. The number of likely N-dealkylation sites (tertiary alicyclic amines) is 2. The molecule has 2 aliphatic heterocycles. The van der Waals surface area contributed by atoms with E-state index >= 15 is 0 Å². The van der Waals surface area contributed by atoms with Gasteiger partial charge in [-0.05, 0) is 50.1 Å². The molecule has 3 heterocycles. The Balaban J connectivity index is 0.00000164. The molecular weight excluding hydrogens is 489 g/mol. The number of fused-ring (bicyclic) bond motifs is 2. The normalized spacial score (nSPS) is 22.6. The van der Waals surface area contributed by atoms with E-state index in [-0.39, 0.29) is 31.4 Å². The highest BCUT2D eigenvalue weighted by molar-refractivity contribution is 5.84. The van der Waals surface area contributed by atoms with Crippen LogP contribution >= 0.6 is 0 Å².